The maximum absolute atomic E-state index is 11.5. The van der Waals surface area contributed by atoms with E-state index in [-0.39, 0.29) is 11.7 Å². The predicted octanol–water partition coefficient (Wildman–Crippen LogP) is 3.19. The first-order valence-corrected chi connectivity index (χ1v) is 7.11. The summed E-state index contributed by atoms with van der Waals surface area (Å²) in [5, 5.41) is 0.940. The molecule has 0 aliphatic heterocycles. The van der Waals surface area contributed by atoms with Crippen LogP contribution >= 0.6 is 35.0 Å². The molecule has 0 atom stereocenters. The van der Waals surface area contributed by atoms with Gasteiger partial charge in [0.2, 0.25) is 5.12 Å². The van der Waals surface area contributed by atoms with Gasteiger partial charge < -0.3 is 9.64 Å². The predicted molar refractivity (Wildman–Crippen MR) is 78.0 cm³/mol. The summed E-state index contributed by atoms with van der Waals surface area (Å²) in [5.74, 6) is 1.23. The SMILES string of the molecule is CN(C)CCSC(=O)COc1ccc(Cl)cc1Cl. The summed E-state index contributed by atoms with van der Waals surface area (Å²) < 4.78 is 5.34. The number of benzene rings is 1. The van der Waals surface area contributed by atoms with Crippen molar-refractivity contribution in [3.8, 4) is 5.75 Å². The second-order valence-corrected chi connectivity index (χ2v) is 5.88. The van der Waals surface area contributed by atoms with Crippen LogP contribution in [0, 0.1) is 0 Å². The number of halogens is 2. The Morgan fingerprint density at radius 3 is 2.72 bits per heavy atom. The lowest BCUT2D eigenvalue weighted by atomic mass is 10.3. The average Bonchev–Trinajstić information content (AvgIpc) is 2.27. The van der Waals surface area contributed by atoms with Crippen molar-refractivity contribution in [3.63, 3.8) is 0 Å². The van der Waals surface area contributed by atoms with E-state index >= 15 is 0 Å². The van der Waals surface area contributed by atoms with Crippen LogP contribution in [0.1, 0.15) is 0 Å². The molecule has 0 amide bonds. The zero-order valence-electron chi connectivity index (χ0n) is 10.3. The van der Waals surface area contributed by atoms with Crippen molar-refractivity contribution in [1.82, 2.24) is 4.90 Å². The van der Waals surface area contributed by atoms with E-state index in [0.717, 1.165) is 12.3 Å². The molecule has 0 heterocycles. The van der Waals surface area contributed by atoms with Crippen LogP contribution in [0.15, 0.2) is 18.2 Å². The van der Waals surface area contributed by atoms with Gasteiger partial charge >= 0.3 is 0 Å². The van der Waals surface area contributed by atoms with E-state index < -0.39 is 0 Å². The number of nitrogens with zero attached hydrogens (tertiary/aromatic N) is 1. The molecule has 18 heavy (non-hydrogen) atoms. The number of carbonyl (C=O) groups is 1. The first-order valence-electron chi connectivity index (χ1n) is 5.37. The topological polar surface area (TPSA) is 29.5 Å². The molecule has 0 saturated heterocycles. The highest BCUT2D eigenvalue weighted by atomic mass is 35.5. The number of hydrogen-bond acceptors (Lipinski definition) is 4. The lowest BCUT2D eigenvalue weighted by Crippen LogP contribution is -2.17. The Balaban J connectivity index is 2.33. The summed E-state index contributed by atoms with van der Waals surface area (Å²) in [7, 11) is 3.93. The van der Waals surface area contributed by atoms with Crippen LogP contribution in [-0.4, -0.2) is 43.0 Å². The number of rotatable bonds is 6. The third-order valence-electron chi connectivity index (χ3n) is 2.04. The molecule has 0 fully saturated rings. The smallest absolute Gasteiger partial charge is 0.226 e. The second kappa shape index (κ2) is 7.89. The standard InChI is InChI=1S/C12H15Cl2NO2S/c1-15(2)5-6-18-12(16)8-17-11-4-3-9(13)7-10(11)14/h3-4,7H,5-6,8H2,1-2H3. The molecule has 0 saturated carbocycles. The van der Waals surface area contributed by atoms with Crippen molar-refractivity contribution in [3.05, 3.63) is 28.2 Å². The fourth-order valence-electron chi connectivity index (χ4n) is 1.11. The number of thioether (sulfide) groups is 1. The van der Waals surface area contributed by atoms with Gasteiger partial charge in [0.05, 0.1) is 5.02 Å². The maximum Gasteiger partial charge on any atom is 0.226 e. The lowest BCUT2D eigenvalue weighted by Gasteiger charge is -2.09. The number of hydrogen-bond donors (Lipinski definition) is 0. The van der Waals surface area contributed by atoms with Crippen molar-refractivity contribution < 1.29 is 9.53 Å². The third-order valence-corrected chi connectivity index (χ3v) is 3.40. The molecule has 0 N–H and O–H groups in total. The van der Waals surface area contributed by atoms with Crippen LogP contribution in [-0.2, 0) is 4.79 Å². The van der Waals surface area contributed by atoms with Crippen LogP contribution in [0.5, 0.6) is 5.75 Å². The van der Waals surface area contributed by atoms with Crippen molar-refractivity contribution in [2.24, 2.45) is 0 Å². The van der Waals surface area contributed by atoms with Crippen LogP contribution < -0.4 is 4.74 Å². The molecule has 0 aromatic heterocycles. The van der Waals surface area contributed by atoms with Gasteiger partial charge in [0.15, 0.2) is 6.61 Å². The Morgan fingerprint density at radius 2 is 2.11 bits per heavy atom. The minimum absolute atomic E-state index is 0.0112. The highest BCUT2D eigenvalue weighted by Gasteiger charge is 2.07. The zero-order valence-corrected chi connectivity index (χ0v) is 12.6. The summed E-state index contributed by atoms with van der Waals surface area (Å²) in [4.78, 5) is 13.6. The fraction of sp³-hybridized carbons (Fsp3) is 0.417. The lowest BCUT2D eigenvalue weighted by molar-refractivity contribution is -0.112. The first-order chi connectivity index (χ1) is 8.49. The first kappa shape index (κ1) is 15.6. The van der Waals surface area contributed by atoms with E-state index in [2.05, 4.69) is 0 Å². The maximum atomic E-state index is 11.5. The Labute approximate surface area is 121 Å². The van der Waals surface area contributed by atoms with Gasteiger partial charge in [-0.05, 0) is 32.3 Å². The normalized spacial score (nSPS) is 10.7. The molecule has 100 valence electrons. The van der Waals surface area contributed by atoms with Gasteiger partial charge in [-0.15, -0.1) is 0 Å². The molecule has 1 rings (SSSR count). The van der Waals surface area contributed by atoms with E-state index in [4.69, 9.17) is 27.9 Å². The number of carbonyl (C=O) groups excluding carboxylic acids is 1. The van der Waals surface area contributed by atoms with Gasteiger partial charge in [-0.25, -0.2) is 0 Å². The van der Waals surface area contributed by atoms with Crippen molar-refractivity contribution in [2.75, 3.05) is 33.0 Å². The fourth-order valence-corrected chi connectivity index (χ4v) is 2.40. The molecule has 0 radical (unpaired) electrons. The van der Waals surface area contributed by atoms with Gasteiger partial charge in [-0.2, -0.15) is 0 Å². The molecule has 0 bridgehead atoms. The molecule has 6 heteroatoms. The van der Waals surface area contributed by atoms with Gasteiger partial charge in [-0.1, -0.05) is 35.0 Å². The minimum atomic E-state index is -0.0112. The van der Waals surface area contributed by atoms with Crippen LogP contribution in [0.25, 0.3) is 0 Å². The van der Waals surface area contributed by atoms with E-state index in [1.54, 1.807) is 18.2 Å². The monoisotopic (exact) mass is 307 g/mol. The Hall–Kier alpha value is -0.420. The van der Waals surface area contributed by atoms with E-state index in [0.29, 0.717) is 15.8 Å². The summed E-state index contributed by atoms with van der Waals surface area (Å²) >= 11 is 12.9. The molecule has 3 nitrogen and oxygen atoms in total. The molecule has 1 aromatic rings. The van der Waals surface area contributed by atoms with Crippen molar-refractivity contribution in [2.45, 2.75) is 0 Å². The molecular weight excluding hydrogens is 293 g/mol. The highest BCUT2D eigenvalue weighted by molar-refractivity contribution is 8.13. The Bertz CT molecular complexity index is 413. The van der Waals surface area contributed by atoms with Crippen LogP contribution in [0.3, 0.4) is 0 Å². The average molecular weight is 308 g/mol. The van der Waals surface area contributed by atoms with Crippen LogP contribution in [0.4, 0.5) is 0 Å². The van der Waals surface area contributed by atoms with Crippen molar-refractivity contribution in [1.29, 1.82) is 0 Å². The third kappa shape index (κ3) is 5.96. The summed E-state index contributed by atoms with van der Waals surface area (Å²) in [6.07, 6.45) is 0. The molecule has 0 spiro atoms. The van der Waals surface area contributed by atoms with E-state index in [1.165, 1.54) is 11.8 Å². The van der Waals surface area contributed by atoms with Gasteiger partial charge in [0.1, 0.15) is 5.75 Å². The van der Waals surface area contributed by atoms with E-state index in [9.17, 15) is 4.79 Å². The van der Waals surface area contributed by atoms with Gasteiger partial charge in [0, 0.05) is 17.3 Å². The summed E-state index contributed by atoms with van der Waals surface area (Å²) in [5.41, 5.74) is 0. The van der Waals surface area contributed by atoms with Crippen molar-refractivity contribution >= 4 is 40.1 Å². The molecule has 0 aliphatic carbocycles. The Kier molecular flexibility index (Phi) is 6.86. The van der Waals surface area contributed by atoms with Gasteiger partial charge in [0.25, 0.3) is 0 Å². The quantitative estimate of drug-likeness (QED) is 0.807. The zero-order chi connectivity index (χ0) is 13.5. The summed E-state index contributed by atoms with van der Waals surface area (Å²) in [6.45, 7) is 0.873. The highest BCUT2D eigenvalue weighted by Crippen LogP contribution is 2.27. The van der Waals surface area contributed by atoms with E-state index in [1.807, 2.05) is 19.0 Å². The molecule has 0 aliphatic rings. The molecule has 0 unspecified atom stereocenters. The summed E-state index contributed by atoms with van der Waals surface area (Å²) in [6, 6.07) is 4.91. The van der Waals surface area contributed by atoms with Crippen LogP contribution in [0.2, 0.25) is 10.0 Å². The van der Waals surface area contributed by atoms with Gasteiger partial charge in [-0.3, -0.25) is 4.79 Å². The number of ether oxygens (including phenoxy) is 1. The largest absolute Gasteiger partial charge is 0.483 e. The molecule has 1 aromatic carbocycles. The Morgan fingerprint density at radius 1 is 1.39 bits per heavy atom. The molecular formula is C12H15Cl2NO2S. The second-order valence-electron chi connectivity index (χ2n) is 3.89. The minimum Gasteiger partial charge on any atom is -0.483 e.